The Balaban J connectivity index is 2.05. The van der Waals surface area contributed by atoms with Crippen LogP contribution >= 0.6 is 0 Å². The first kappa shape index (κ1) is 9.39. The molecule has 1 saturated carbocycles. The molecule has 4 nitrogen and oxygen atoms in total. The fraction of sp³-hybridized carbons (Fsp3) is 0.333. The third kappa shape index (κ3) is 1.30. The second-order valence-corrected chi connectivity index (χ2v) is 4.42. The summed E-state index contributed by atoms with van der Waals surface area (Å²) >= 11 is 0. The molecule has 0 spiro atoms. The van der Waals surface area contributed by atoms with Gasteiger partial charge < -0.3 is 5.11 Å². The van der Waals surface area contributed by atoms with Crippen molar-refractivity contribution in [1.82, 2.24) is 9.61 Å². The van der Waals surface area contributed by atoms with Gasteiger partial charge in [0, 0.05) is 17.7 Å². The van der Waals surface area contributed by atoms with Crippen molar-refractivity contribution in [3.8, 4) is 0 Å². The summed E-state index contributed by atoms with van der Waals surface area (Å²) in [6.45, 7) is 2.03. The zero-order valence-corrected chi connectivity index (χ0v) is 8.92. The highest BCUT2D eigenvalue weighted by molar-refractivity contribution is 5.76. The van der Waals surface area contributed by atoms with Gasteiger partial charge in [-0.15, -0.1) is 0 Å². The van der Waals surface area contributed by atoms with Gasteiger partial charge in [-0.05, 0) is 31.0 Å². The van der Waals surface area contributed by atoms with E-state index < -0.39 is 5.97 Å². The molecule has 1 fully saturated rings. The molecule has 2 aromatic rings. The van der Waals surface area contributed by atoms with Crippen molar-refractivity contribution in [2.45, 2.75) is 19.3 Å². The van der Waals surface area contributed by atoms with Crippen molar-refractivity contribution in [3.05, 3.63) is 35.7 Å². The number of carboxylic acid groups (broad SMARTS) is 1. The number of pyridine rings is 1. The fourth-order valence-electron chi connectivity index (χ4n) is 2.20. The molecule has 3 rings (SSSR count). The highest BCUT2D eigenvalue weighted by Gasteiger charge is 2.45. The lowest BCUT2D eigenvalue weighted by atomic mass is 10.1. The Morgan fingerprint density at radius 3 is 3.12 bits per heavy atom. The minimum Gasteiger partial charge on any atom is -0.481 e. The van der Waals surface area contributed by atoms with Crippen LogP contribution in [0.5, 0.6) is 0 Å². The first-order valence-corrected chi connectivity index (χ1v) is 5.33. The molecule has 82 valence electrons. The lowest BCUT2D eigenvalue weighted by Crippen LogP contribution is -1.98. The maximum absolute atomic E-state index is 10.8. The zero-order chi connectivity index (χ0) is 11.3. The summed E-state index contributed by atoms with van der Waals surface area (Å²) < 4.78 is 1.81. The SMILES string of the molecule is Cc1ccn2ncc([C@@H]3C[C@H]3C(=O)O)c2c1. The molecular formula is C12H12N2O2. The van der Waals surface area contributed by atoms with E-state index >= 15 is 0 Å². The maximum atomic E-state index is 10.8. The molecule has 16 heavy (non-hydrogen) atoms. The Morgan fingerprint density at radius 1 is 1.62 bits per heavy atom. The smallest absolute Gasteiger partial charge is 0.307 e. The van der Waals surface area contributed by atoms with Gasteiger partial charge in [-0.2, -0.15) is 5.10 Å². The van der Waals surface area contributed by atoms with Crippen LogP contribution in [-0.2, 0) is 4.79 Å². The molecule has 0 saturated heterocycles. The van der Waals surface area contributed by atoms with Crippen molar-refractivity contribution in [2.75, 3.05) is 0 Å². The van der Waals surface area contributed by atoms with E-state index in [0.717, 1.165) is 17.5 Å². The van der Waals surface area contributed by atoms with Gasteiger partial charge in [-0.3, -0.25) is 4.79 Å². The van der Waals surface area contributed by atoms with E-state index in [2.05, 4.69) is 11.2 Å². The van der Waals surface area contributed by atoms with Crippen molar-refractivity contribution in [1.29, 1.82) is 0 Å². The van der Waals surface area contributed by atoms with Gasteiger partial charge in [0.05, 0.1) is 17.6 Å². The van der Waals surface area contributed by atoms with Crippen LogP contribution in [0.2, 0.25) is 0 Å². The number of nitrogens with zero attached hydrogens (tertiary/aromatic N) is 2. The number of rotatable bonds is 2. The van der Waals surface area contributed by atoms with Crippen molar-refractivity contribution in [3.63, 3.8) is 0 Å². The van der Waals surface area contributed by atoms with E-state index in [9.17, 15) is 4.79 Å². The number of aromatic nitrogens is 2. The molecule has 0 radical (unpaired) electrons. The highest BCUT2D eigenvalue weighted by atomic mass is 16.4. The number of carboxylic acids is 1. The van der Waals surface area contributed by atoms with E-state index in [-0.39, 0.29) is 11.8 Å². The van der Waals surface area contributed by atoms with Gasteiger partial charge in [0.2, 0.25) is 0 Å². The number of hydrogen-bond donors (Lipinski definition) is 1. The van der Waals surface area contributed by atoms with Crippen LogP contribution in [0.15, 0.2) is 24.5 Å². The van der Waals surface area contributed by atoms with E-state index in [1.54, 1.807) is 10.7 Å². The quantitative estimate of drug-likeness (QED) is 0.833. The summed E-state index contributed by atoms with van der Waals surface area (Å²) in [4.78, 5) is 10.8. The Morgan fingerprint density at radius 2 is 2.44 bits per heavy atom. The monoisotopic (exact) mass is 216 g/mol. The van der Waals surface area contributed by atoms with Crippen molar-refractivity contribution >= 4 is 11.5 Å². The molecule has 0 aromatic carbocycles. The number of fused-ring (bicyclic) bond motifs is 1. The van der Waals surface area contributed by atoms with E-state index in [0.29, 0.717) is 0 Å². The molecule has 0 unspecified atom stereocenters. The van der Waals surface area contributed by atoms with Gasteiger partial charge in [0.15, 0.2) is 0 Å². The van der Waals surface area contributed by atoms with Gasteiger partial charge in [-0.25, -0.2) is 4.52 Å². The largest absolute Gasteiger partial charge is 0.481 e. The van der Waals surface area contributed by atoms with Crippen LogP contribution in [0.4, 0.5) is 0 Å². The third-order valence-corrected chi connectivity index (χ3v) is 3.21. The first-order chi connectivity index (χ1) is 7.66. The van der Waals surface area contributed by atoms with Gasteiger partial charge in [0.25, 0.3) is 0 Å². The van der Waals surface area contributed by atoms with Crippen LogP contribution in [0.1, 0.15) is 23.5 Å². The lowest BCUT2D eigenvalue weighted by molar-refractivity contribution is -0.138. The molecule has 1 aliphatic rings. The summed E-state index contributed by atoms with van der Waals surface area (Å²) in [5.41, 5.74) is 3.27. The fourth-order valence-corrected chi connectivity index (χ4v) is 2.20. The number of carbonyl (C=O) groups is 1. The molecule has 0 bridgehead atoms. The van der Waals surface area contributed by atoms with E-state index in [1.165, 1.54) is 5.56 Å². The van der Waals surface area contributed by atoms with Crippen LogP contribution in [-0.4, -0.2) is 20.7 Å². The van der Waals surface area contributed by atoms with Crippen LogP contribution in [0.25, 0.3) is 5.52 Å². The Bertz CT molecular complexity index is 573. The zero-order valence-electron chi connectivity index (χ0n) is 8.92. The molecule has 0 amide bonds. The molecule has 0 aliphatic heterocycles. The second-order valence-electron chi connectivity index (χ2n) is 4.42. The lowest BCUT2D eigenvalue weighted by Gasteiger charge is -1.98. The van der Waals surface area contributed by atoms with Crippen LogP contribution in [0, 0.1) is 12.8 Å². The Labute approximate surface area is 92.5 Å². The maximum Gasteiger partial charge on any atom is 0.307 e. The van der Waals surface area contributed by atoms with Gasteiger partial charge in [-0.1, -0.05) is 0 Å². The van der Waals surface area contributed by atoms with Crippen LogP contribution in [0.3, 0.4) is 0 Å². The molecule has 2 atom stereocenters. The van der Waals surface area contributed by atoms with E-state index in [1.807, 2.05) is 19.2 Å². The average Bonchev–Trinajstić information content (AvgIpc) is 2.93. The number of aryl methyl sites for hydroxylation is 1. The second kappa shape index (κ2) is 3.07. The Hall–Kier alpha value is -1.84. The standard InChI is InChI=1S/C12H12N2O2/c1-7-2-3-14-11(4-7)10(6-13-14)8-5-9(8)12(15)16/h2-4,6,8-9H,5H2,1H3,(H,15,16)/t8-,9-/m1/s1. The van der Waals surface area contributed by atoms with Crippen molar-refractivity contribution in [2.24, 2.45) is 5.92 Å². The molecule has 1 N–H and O–H groups in total. The summed E-state index contributed by atoms with van der Waals surface area (Å²) in [6.07, 6.45) is 4.44. The molecule has 4 heteroatoms. The summed E-state index contributed by atoms with van der Waals surface area (Å²) in [6, 6.07) is 4.05. The molecule has 2 aromatic heterocycles. The average molecular weight is 216 g/mol. The number of aliphatic carboxylic acids is 1. The van der Waals surface area contributed by atoms with Crippen molar-refractivity contribution < 1.29 is 9.90 Å². The third-order valence-electron chi connectivity index (χ3n) is 3.21. The van der Waals surface area contributed by atoms with Gasteiger partial charge in [0.1, 0.15) is 0 Å². The summed E-state index contributed by atoms with van der Waals surface area (Å²) in [7, 11) is 0. The minimum absolute atomic E-state index is 0.150. The highest BCUT2D eigenvalue weighted by Crippen LogP contribution is 2.48. The van der Waals surface area contributed by atoms with E-state index in [4.69, 9.17) is 5.11 Å². The predicted octanol–water partition coefficient (Wildman–Crippen LogP) is 1.83. The molecular weight excluding hydrogens is 204 g/mol. The topological polar surface area (TPSA) is 54.6 Å². The normalized spacial score (nSPS) is 23.6. The summed E-state index contributed by atoms with van der Waals surface area (Å²) in [5, 5.41) is 13.2. The molecule has 2 heterocycles. The van der Waals surface area contributed by atoms with Gasteiger partial charge >= 0.3 is 5.97 Å². The predicted molar refractivity (Wildman–Crippen MR) is 58.4 cm³/mol. The minimum atomic E-state index is -0.697. The summed E-state index contributed by atoms with van der Waals surface area (Å²) in [5.74, 6) is -0.762. The molecule has 1 aliphatic carbocycles. The number of hydrogen-bond acceptors (Lipinski definition) is 2. The first-order valence-electron chi connectivity index (χ1n) is 5.33. The Kier molecular flexibility index (Phi) is 1.80. The van der Waals surface area contributed by atoms with Crippen LogP contribution < -0.4 is 0 Å².